The Morgan fingerprint density at radius 3 is 1.22 bits per heavy atom. The van der Waals surface area contributed by atoms with E-state index in [1.54, 1.807) is 0 Å². The largest absolute Gasteiger partial charge is 0.508 e. The zero-order valence-corrected chi connectivity index (χ0v) is 7.56. The van der Waals surface area contributed by atoms with Crippen molar-refractivity contribution in [2.24, 2.45) is 0 Å². The van der Waals surface area contributed by atoms with Crippen LogP contribution in [0.5, 0.6) is 11.5 Å². The average molecular weight is 229 g/mol. The molecule has 2 N–H and O–H groups in total. The van der Waals surface area contributed by atoms with Crippen LogP contribution in [-0.2, 0) is 0 Å². The summed E-state index contributed by atoms with van der Waals surface area (Å²) in [6.07, 6.45) is 0. The maximum atomic E-state index is 8.65. The van der Waals surface area contributed by atoms with Crippen molar-refractivity contribution in [3.63, 3.8) is 0 Å². The quantitative estimate of drug-likeness (QED) is 0.508. The van der Waals surface area contributed by atoms with E-state index in [1.807, 2.05) is 0 Å². The Morgan fingerprint density at radius 2 is 1.00 bits per heavy atom. The van der Waals surface area contributed by atoms with Gasteiger partial charge in [0.1, 0.15) is 11.5 Å². The third kappa shape index (κ3) is 2.60. The van der Waals surface area contributed by atoms with Gasteiger partial charge in [-0.25, -0.2) is 0 Å². The molecule has 0 unspecified atom stereocenters. The van der Waals surface area contributed by atoms with E-state index in [4.69, 9.17) is 10.2 Å². The maximum absolute atomic E-state index is 8.65. The fourth-order valence-electron chi connectivity index (χ4n) is 0.453. The van der Waals surface area contributed by atoms with Crippen molar-refractivity contribution in [3.8, 4) is 11.5 Å². The summed E-state index contributed by atoms with van der Waals surface area (Å²) in [5.41, 5.74) is 0. The molecule has 46 valence electrons. The second-order valence-electron chi connectivity index (χ2n) is 1.52. The number of hydrogen-bond donors (Lipinski definition) is 2. The number of phenols is 2. The van der Waals surface area contributed by atoms with Gasteiger partial charge in [0, 0.05) is 23.9 Å². The smallest absolute Gasteiger partial charge is 0.115 e. The molecule has 1 aromatic carbocycles. The Morgan fingerprint density at radius 1 is 0.778 bits per heavy atom. The van der Waals surface area contributed by atoms with Crippen LogP contribution in [0.25, 0.3) is 0 Å². The molecule has 0 aliphatic heterocycles. The SMILES string of the molecule is Oc1ccc(O)cc1.[Sn]. The molecule has 0 aromatic heterocycles. The van der Waals surface area contributed by atoms with E-state index >= 15 is 0 Å². The van der Waals surface area contributed by atoms with Crippen LogP contribution in [0.15, 0.2) is 24.3 Å². The van der Waals surface area contributed by atoms with Gasteiger partial charge in [-0.05, 0) is 24.3 Å². The number of benzene rings is 1. The number of phenolic OH excluding ortho intramolecular Hbond substituents is 2. The summed E-state index contributed by atoms with van der Waals surface area (Å²) < 4.78 is 0. The van der Waals surface area contributed by atoms with Crippen molar-refractivity contribution in [1.82, 2.24) is 0 Å². The third-order valence-corrected chi connectivity index (χ3v) is 0.850. The van der Waals surface area contributed by atoms with Crippen LogP contribution in [-0.4, -0.2) is 34.1 Å². The second kappa shape index (κ2) is 3.61. The summed E-state index contributed by atoms with van der Waals surface area (Å²) >= 11 is 0. The van der Waals surface area contributed by atoms with Crippen LogP contribution in [0, 0.1) is 0 Å². The van der Waals surface area contributed by atoms with E-state index in [0.717, 1.165) is 0 Å². The van der Waals surface area contributed by atoms with Gasteiger partial charge in [0.15, 0.2) is 0 Å². The Bertz CT molecular complexity index is 150. The normalized spacial score (nSPS) is 8.00. The summed E-state index contributed by atoms with van der Waals surface area (Å²) in [6.45, 7) is 0. The summed E-state index contributed by atoms with van der Waals surface area (Å²) in [5.74, 6) is 0.339. The summed E-state index contributed by atoms with van der Waals surface area (Å²) in [5, 5.41) is 17.3. The molecule has 4 radical (unpaired) electrons. The molecule has 0 atom stereocenters. The fraction of sp³-hybridized carbons (Fsp3) is 0. The molecular weight excluding hydrogens is 223 g/mol. The first-order chi connectivity index (χ1) is 3.79. The molecule has 0 aliphatic carbocycles. The minimum atomic E-state index is 0. The molecule has 0 aliphatic rings. The number of rotatable bonds is 0. The van der Waals surface area contributed by atoms with Gasteiger partial charge in [-0.15, -0.1) is 0 Å². The van der Waals surface area contributed by atoms with Crippen LogP contribution < -0.4 is 0 Å². The van der Waals surface area contributed by atoms with Crippen molar-refractivity contribution < 1.29 is 10.2 Å². The molecule has 0 fully saturated rings. The Kier molecular flexibility index (Phi) is 3.45. The molecule has 0 amide bonds. The minimum absolute atomic E-state index is 0. The van der Waals surface area contributed by atoms with Gasteiger partial charge in [0.05, 0.1) is 0 Å². The predicted molar refractivity (Wildman–Crippen MR) is 35.5 cm³/mol. The van der Waals surface area contributed by atoms with E-state index in [1.165, 1.54) is 24.3 Å². The standard InChI is InChI=1S/C6H6O2.Sn/c7-5-1-2-6(8)4-3-5;/h1-4,7-8H;. The monoisotopic (exact) mass is 230 g/mol. The topological polar surface area (TPSA) is 40.5 Å². The summed E-state index contributed by atoms with van der Waals surface area (Å²) in [4.78, 5) is 0. The van der Waals surface area contributed by atoms with E-state index in [0.29, 0.717) is 0 Å². The van der Waals surface area contributed by atoms with Gasteiger partial charge >= 0.3 is 0 Å². The third-order valence-electron chi connectivity index (χ3n) is 0.850. The van der Waals surface area contributed by atoms with Crippen LogP contribution in [0.4, 0.5) is 0 Å². The predicted octanol–water partition coefficient (Wildman–Crippen LogP) is 0.717. The van der Waals surface area contributed by atoms with Gasteiger partial charge < -0.3 is 10.2 Å². The summed E-state index contributed by atoms with van der Waals surface area (Å²) in [7, 11) is 0. The van der Waals surface area contributed by atoms with Crippen molar-refractivity contribution in [2.45, 2.75) is 0 Å². The number of hydrogen-bond acceptors (Lipinski definition) is 2. The fourth-order valence-corrected chi connectivity index (χ4v) is 0.453. The van der Waals surface area contributed by atoms with Crippen molar-refractivity contribution in [1.29, 1.82) is 0 Å². The van der Waals surface area contributed by atoms with Gasteiger partial charge in [-0.1, -0.05) is 0 Å². The molecule has 1 rings (SSSR count). The minimum Gasteiger partial charge on any atom is -0.508 e. The molecule has 0 saturated carbocycles. The Labute approximate surface area is 70.1 Å². The number of aromatic hydroxyl groups is 2. The molecule has 1 aromatic rings. The Hall–Kier alpha value is -0.381. The van der Waals surface area contributed by atoms with Crippen LogP contribution in [0.1, 0.15) is 0 Å². The van der Waals surface area contributed by atoms with Crippen LogP contribution >= 0.6 is 0 Å². The first-order valence-corrected chi connectivity index (χ1v) is 2.27. The first kappa shape index (κ1) is 8.62. The maximum Gasteiger partial charge on any atom is 0.115 e. The molecule has 3 heteroatoms. The van der Waals surface area contributed by atoms with Gasteiger partial charge in [0.2, 0.25) is 0 Å². The first-order valence-electron chi connectivity index (χ1n) is 2.27. The van der Waals surface area contributed by atoms with Crippen molar-refractivity contribution >= 4 is 23.9 Å². The Balaban J connectivity index is 0.000000640. The van der Waals surface area contributed by atoms with Gasteiger partial charge in [-0.3, -0.25) is 0 Å². The van der Waals surface area contributed by atoms with Crippen LogP contribution in [0.2, 0.25) is 0 Å². The molecule has 0 bridgehead atoms. The molecule has 0 spiro atoms. The second-order valence-corrected chi connectivity index (χ2v) is 1.52. The molecule has 0 saturated heterocycles. The zero-order chi connectivity index (χ0) is 5.98. The molecule has 2 nitrogen and oxygen atoms in total. The zero-order valence-electron chi connectivity index (χ0n) is 4.70. The van der Waals surface area contributed by atoms with E-state index < -0.39 is 0 Å². The van der Waals surface area contributed by atoms with Crippen LogP contribution in [0.3, 0.4) is 0 Å². The van der Waals surface area contributed by atoms with Crippen molar-refractivity contribution in [3.05, 3.63) is 24.3 Å². The van der Waals surface area contributed by atoms with E-state index in [9.17, 15) is 0 Å². The summed E-state index contributed by atoms with van der Waals surface area (Å²) in [6, 6.07) is 5.70. The van der Waals surface area contributed by atoms with Crippen molar-refractivity contribution in [2.75, 3.05) is 0 Å². The van der Waals surface area contributed by atoms with E-state index in [2.05, 4.69) is 0 Å². The van der Waals surface area contributed by atoms with Gasteiger partial charge in [-0.2, -0.15) is 0 Å². The van der Waals surface area contributed by atoms with Gasteiger partial charge in [0.25, 0.3) is 0 Å². The average Bonchev–Trinajstić information content (AvgIpc) is 1.77. The molecule has 0 heterocycles. The molecule has 9 heavy (non-hydrogen) atoms. The van der Waals surface area contributed by atoms with E-state index in [-0.39, 0.29) is 35.4 Å². The molecular formula is C6H6O2Sn.